The van der Waals surface area contributed by atoms with Crippen LogP contribution in [0.15, 0.2) is 60.7 Å². The lowest BCUT2D eigenvalue weighted by Gasteiger charge is -2.16. The minimum absolute atomic E-state index is 0.137. The first-order chi connectivity index (χ1) is 10.2. The molecule has 0 unspecified atom stereocenters. The fourth-order valence-electron chi connectivity index (χ4n) is 2.00. The highest BCUT2D eigenvalue weighted by atomic mass is 16.5. The summed E-state index contributed by atoms with van der Waals surface area (Å²) >= 11 is 0. The molecule has 4 heteroatoms. The molecular formula is C17H19NO3. The largest absolute Gasteiger partial charge is 0.459 e. The summed E-state index contributed by atoms with van der Waals surface area (Å²) in [7, 11) is 0. The van der Waals surface area contributed by atoms with E-state index in [9.17, 15) is 9.90 Å². The number of carbonyl (C=O) groups excluding carboxylic acids is 1. The van der Waals surface area contributed by atoms with Crippen molar-refractivity contribution in [1.29, 1.82) is 0 Å². The molecule has 0 saturated heterocycles. The summed E-state index contributed by atoms with van der Waals surface area (Å²) in [5.74, 6) is -0.648. The number of hydrogen-bond acceptors (Lipinski definition) is 4. The molecule has 2 aromatic carbocycles. The Kier molecular flexibility index (Phi) is 5.49. The van der Waals surface area contributed by atoms with Gasteiger partial charge in [0.15, 0.2) is 6.10 Å². The lowest BCUT2D eigenvalue weighted by Crippen LogP contribution is -2.27. The Balaban J connectivity index is 1.82. The zero-order valence-electron chi connectivity index (χ0n) is 11.7. The summed E-state index contributed by atoms with van der Waals surface area (Å²) in [5, 5.41) is 9.87. The fourth-order valence-corrected chi connectivity index (χ4v) is 2.00. The second kappa shape index (κ2) is 7.57. The monoisotopic (exact) mass is 285 g/mol. The first-order valence-corrected chi connectivity index (χ1v) is 6.86. The van der Waals surface area contributed by atoms with Crippen LogP contribution in [0.3, 0.4) is 0 Å². The highest BCUT2D eigenvalue weighted by molar-refractivity contribution is 5.74. The lowest BCUT2D eigenvalue weighted by molar-refractivity contribution is -0.155. The van der Waals surface area contributed by atoms with Gasteiger partial charge in [0.05, 0.1) is 0 Å². The SMILES string of the molecule is N[C@@H](C[C@@H](O)C(=O)OCc1ccccc1)c1ccccc1. The molecule has 0 amide bonds. The minimum Gasteiger partial charge on any atom is -0.459 e. The molecule has 0 spiro atoms. The van der Waals surface area contributed by atoms with Gasteiger partial charge >= 0.3 is 5.97 Å². The van der Waals surface area contributed by atoms with Crippen molar-refractivity contribution in [2.24, 2.45) is 5.73 Å². The van der Waals surface area contributed by atoms with Crippen molar-refractivity contribution >= 4 is 5.97 Å². The number of nitrogens with two attached hydrogens (primary N) is 1. The Morgan fingerprint density at radius 1 is 1.05 bits per heavy atom. The quantitative estimate of drug-likeness (QED) is 0.798. The third-order valence-corrected chi connectivity index (χ3v) is 3.20. The van der Waals surface area contributed by atoms with Gasteiger partial charge in [0, 0.05) is 12.5 Å². The Hall–Kier alpha value is -2.17. The lowest BCUT2D eigenvalue weighted by atomic mass is 10.0. The van der Waals surface area contributed by atoms with Crippen molar-refractivity contribution in [3.63, 3.8) is 0 Å². The molecule has 3 N–H and O–H groups in total. The van der Waals surface area contributed by atoms with Crippen LogP contribution in [-0.4, -0.2) is 17.2 Å². The highest BCUT2D eigenvalue weighted by Crippen LogP contribution is 2.16. The van der Waals surface area contributed by atoms with E-state index in [4.69, 9.17) is 10.5 Å². The second-order valence-electron chi connectivity index (χ2n) is 4.86. The van der Waals surface area contributed by atoms with Crippen LogP contribution in [0.2, 0.25) is 0 Å². The summed E-state index contributed by atoms with van der Waals surface area (Å²) in [4.78, 5) is 11.8. The smallest absolute Gasteiger partial charge is 0.335 e. The summed E-state index contributed by atoms with van der Waals surface area (Å²) in [6.07, 6.45) is -1.08. The van der Waals surface area contributed by atoms with Crippen molar-refractivity contribution in [3.8, 4) is 0 Å². The zero-order valence-corrected chi connectivity index (χ0v) is 11.7. The molecule has 4 nitrogen and oxygen atoms in total. The minimum atomic E-state index is -1.22. The van der Waals surface area contributed by atoms with Gasteiger partial charge in [-0.05, 0) is 11.1 Å². The van der Waals surface area contributed by atoms with Gasteiger partial charge in [0.2, 0.25) is 0 Å². The molecule has 2 atom stereocenters. The maximum absolute atomic E-state index is 11.8. The Labute approximate surface area is 124 Å². The third-order valence-electron chi connectivity index (χ3n) is 3.20. The predicted octanol–water partition coefficient (Wildman–Crippen LogP) is 2.18. The van der Waals surface area contributed by atoms with Gasteiger partial charge in [-0.2, -0.15) is 0 Å². The van der Waals surface area contributed by atoms with Gasteiger partial charge in [-0.15, -0.1) is 0 Å². The summed E-state index contributed by atoms with van der Waals surface area (Å²) in [6.45, 7) is 0.150. The molecule has 110 valence electrons. The van der Waals surface area contributed by atoms with E-state index in [-0.39, 0.29) is 13.0 Å². The van der Waals surface area contributed by atoms with E-state index >= 15 is 0 Å². The van der Waals surface area contributed by atoms with Crippen LogP contribution in [0.5, 0.6) is 0 Å². The molecule has 0 bridgehead atoms. The number of rotatable bonds is 6. The van der Waals surface area contributed by atoms with Gasteiger partial charge in [-0.3, -0.25) is 0 Å². The van der Waals surface area contributed by atoms with Gasteiger partial charge < -0.3 is 15.6 Å². The number of hydrogen-bond donors (Lipinski definition) is 2. The standard InChI is InChI=1S/C17H19NO3/c18-15(14-9-5-2-6-10-14)11-16(19)17(20)21-12-13-7-3-1-4-8-13/h1-10,15-16,19H,11-12,18H2/t15-,16+/m0/s1. The van der Waals surface area contributed by atoms with E-state index in [0.717, 1.165) is 11.1 Å². The van der Waals surface area contributed by atoms with Crippen LogP contribution in [-0.2, 0) is 16.1 Å². The molecule has 0 radical (unpaired) electrons. The maximum atomic E-state index is 11.8. The first-order valence-electron chi connectivity index (χ1n) is 6.86. The Bertz CT molecular complexity index is 557. The molecule has 0 aliphatic carbocycles. The zero-order chi connectivity index (χ0) is 15.1. The summed E-state index contributed by atoms with van der Waals surface area (Å²) < 4.78 is 5.08. The molecule has 0 aliphatic rings. The number of esters is 1. The average molecular weight is 285 g/mol. The van der Waals surface area contributed by atoms with Gasteiger partial charge in [-0.1, -0.05) is 60.7 Å². The molecule has 2 rings (SSSR count). The normalized spacial score (nSPS) is 13.4. The topological polar surface area (TPSA) is 72.5 Å². The van der Waals surface area contributed by atoms with Crippen molar-refractivity contribution in [2.45, 2.75) is 25.2 Å². The molecule has 0 heterocycles. The second-order valence-corrected chi connectivity index (χ2v) is 4.86. The van der Waals surface area contributed by atoms with Gasteiger partial charge in [-0.25, -0.2) is 4.79 Å². The van der Waals surface area contributed by atoms with Crippen molar-refractivity contribution in [3.05, 3.63) is 71.8 Å². The van der Waals surface area contributed by atoms with Crippen molar-refractivity contribution < 1.29 is 14.6 Å². The number of benzene rings is 2. The van der Waals surface area contributed by atoms with E-state index in [1.807, 2.05) is 60.7 Å². The highest BCUT2D eigenvalue weighted by Gasteiger charge is 2.20. The van der Waals surface area contributed by atoms with Gasteiger partial charge in [0.1, 0.15) is 6.61 Å². The van der Waals surface area contributed by atoms with E-state index in [0.29, 0.717) is 0 Å². The van der Waals surface area contributed by atoms with Crippen LogP contribution in [0, 0.1) is 0 Å². The predicted molar refractivity (Wildman–Crippen MR) is 80.2 cm³/mol. The van der Waals surface area contributed by atoms with Crippen molar-refractivity contribution in [2.75, 3.05) is 0 Å². The molecular weight excluding hydrogens is 266 g/mol. The van der Waals surface area contributed by atoms with E-state index in [2.05, 4.69) is 0 Å². The molecule has 0 aliphatic heterocycles. The number of aliphatic hydroxyl groups is 1. The number of carbonyl (C=O) groups is 1. The molecule has 0 aromatic heterocycles. The molecule has 0 saturated carbocycles. The van der Waals surface area contributed by atoms with Crippen LogP contribution >= 0.6 is 0 Å². The number of ether oxygens (including phenoxy) is 1. The summed E-state index contributed by atoms with van der Waals surface area (Å²) in [6, 6.07) is 18.3. The van der Waals surface area contributed by atoms with Crippen molar-refractivity contribution in [1.82, 2.24) is 0 Å². The van der Waals surface area contributed by atoms with E-state index < -0.39 is 18.1 Å². The van der Waals surface area contributed by atoms with Crippen LogP contribution < -0.4 is 5.73 Å². The van der Waals surface area contributed by atoms with Crippen LogP contribution in [0.1, 0.15) is 23.6 Å². The van der Waals surface area contributed by atoms with Crippen LogP contribution in [0.25, 0.3) is 0 Å². The van der Waals surface area contributed by atoms with E-state index in [1.54, 1.807) is 0 Å². The average Bonchev–Trinajstić information content (AvgIpc) is 2.54. The fraction of sp³-hybridized carbons (Fsp3) is 0.235. The third kappa shape index (κ3) is 4.70. The molecule has 2 aromatic rings. The van der Waals surface area contributed by atoms with Gasteiger partial charge in [0.25, 0.3) is 0 Å². The Morgan fingerprint density at radius 2 is 1.62 bits per heavy atom. The Morgan fingerprint density at radius 3 is 2.24 bits per heavy atom. The van der Waals surface area contributed by atoms with E-state index in [1.165, 1.54) is 0 Å². The summed E-state index contributed by atoms with van der Waals surface area (Å²) in [5.41, 5.74) is 7.74. The molecule has 21 heavy (non-hydrogen) atoms. The maximum Gasteiger partial charge on any atom is 0.335 e. The number of aliphatic hydroxyl groups excluding tert-OH is 1. The first kappa shape index (κ1) is 15.2. The van der Waals surface area contributed by atoms with Crippen LogP contribution in [0.4, 0.5) is 0 Å². The molecule has 0 fully saturated rings.